The predicted octanol–water partition coefficient (Wildman–Crippen LogP) is 3.88. The van der Waals surface area contributed by atoms with Crippen molar-refractivity contribution in [3.8, 4) is 0 Å². The molecule has 1 amide bonds. The molecule has 4 heteroatoms. The molecule has 1 heterocycles. The minimum absolute atomic E-state index is 0.0157. The summed E-state index contributed by atoms with van der Waals surface area (Å²) in [6.07, 6.45) is 6.68. The van der Waals surface area contributed by atoms with Crippen LogP contribution in [0.3, 0.4) is 0 Å². The van der Waals surface area contributed by atoms with Gasteiger partial charge >= 0.3 is 0 Å². The quantitative estimate of drug-likeness (QED) is 0.895. The van der Waals surface area contributed by atoms with E-state index in [2.05, 4.69) is 17.1 Å². The number of amides is 1. The highest BCUT2D eigenvalue weighted by molar-refractivity contribution is 6.30. The molecule has 3 nitrogen and oxygen atoms in total. The third kappa shape index (κ3) is 2.95. The molecule has 21 heavy (non-hydrogen) atoms. The maximum Gasteiger partial charge on any atom is 0.241 e. The minimum Gasteiger partial charge on any atom is -0.319 e. The number of carbonyl (C=O) groups excluding carboxylic acids is 1. The second-order valence-corrected chi connectivity index (χ2v) is 6.58. The molecule has 0 spiro atoms. The van der Waals surface area contributed by atoms with Crippen LogP contribution in [-0.4, -0.2) is 22.9 Å². The van der Waals surface area contributed by atoms with Crippen molar-refractivity contribution in [1.29, 1.82) is 0 Å². The molecule has 114 valence electrons. The standard InChI is InChI=1S/C17H23ClN2O/c1-2-3-7-15-17(21)20(14-5-4-6-14)16(19-15)12-8-10-13(18)11-9-12/h8-11,14-16,19H,2-7H2,1H3. The fourth-order valence-electron chi connectivity index (χ4n) is 3.22. The fourth-order valence-corrected chi connectivity index (χ4v) is 3.35. The molecule has 1 N–H and O–H groups in total. The first-order valence-corrected chi connectivity index (χ1v) is 8.42. The SMILES string of the molecule is CCCCC1NC(c2ccc(Cl)cc2)N(C2CCC2)C1=O. The molecule has 2 fully saturated rings. The average molecular weight is 307 g/mol. The van der Waals surface area contributed by atoms with Crippen molar-refractivity contribution in [3.05, 3.63) is 34.9 Å². The van der Waals surface area contributed by atoms with Crippen molar-refractivity contribution in [1.82, 2.24) is 10.2 Å². The molecule has 1 aliphatic heterocycles. The summed E-state index contributed by atoms with van der Waals surface area (Å²) in [5, 5.41) is 4.28. The van der Waals surface area contributed by atoms with Crippen LogP contribution in [-0.2, 0) is 4.79 Å². The van der Waals surface area contributed by atoms with E-state index < -0.39 is 0 Å². The third-order valence-corrected chi connectivity index (χ3v) is 4.94. The minimum atomic E-state index is -0.0220. The molecule has 1 aromatic rings. The Bertz CT molecular complexity index is 498. The Morgan fingerprint density at radius 1 is 1.29 bits per heavy atom. The number of unbranched alkanes of at least 4 members (excludes halogenated alkanes) is 1. The highest BCUT2D eigenvalue weighted by atomic mass is 35.5. The summed E-state index contributed by atoms with van der Waals surface area (Å²) in [7, 11) is 0. The van der Waals surface area contributed by atoms with E-state index in [1.54, 1.807) is 0 Å². The molecule has 1 saturated heterocycles. The summed E-state index contributed by atoms with van der Waals surface area (Å²) in [4.78, 5) is 14.8. The molecule has 0 aromatic heterocycles. The Hall–Kier alpha value is -1.06. The van der Waals surface area contributed by atoms with Gasteiger partial charge in [-0.2, -0.15) is 0 Å². The topological polar surface area (TPSA) is 32.3 Å². The highest BCUT2D eigenvalue weighted by Gasteiger charge is 2.44. The molecule has 2 atom stereocenters. The van der Waals surface area contributed by atoms with Gasteiger partial charge in [0.2, 0.25) is 5.91 Å². The van der Waals surface area contributed by atoms with E-state index in [0.717, 1.165) is 42.7 Å². The molecule has 1 aromatic carbocycles. The maximum absolute atomic E-state index is 12.7. The molecular weight excluding hydrogens is 284 g/mol. The van der Waals surface area contributed by atoms with Crippen LogP contribution >= 0.6 is 11.6 Å². The lowest BCUT2D eigenvalue weighted by molar-refractivity contribution is -0.134. The monoisotopic (exact) mass is 306 g/mol. The van der Waals surface area contributed by atoms with Gasteiger partial charge in [0.05, 0.1) is 6.04 Å². The van der Waals surface area contributed by atoms with Crippen LogP contribution in [0.1, 0.15) is 57.2 Å². The smallest absolute Gasteiger partial charge is 0.241 e. The molecule has 0 bridgehead atoms. The van der Waals surface area contributed by atoms with Gasteiger partial charge in [0.25, 0.3) is 0 Å². The lowest BCUT2D eigenvalue weighted by Crippen LogP contribution is -2.44. The van der Waals surface area contributed by atoms with Crippen molar-refractivity contribution >= 4 is 17.5 Å². The Morgan fingerprint density at radius 2 is 2.00 bits per heavy atom. The first-order valence-electron chi connectivity index (χ1n) is 8.04. The molecule has 2 aliphatic rings. The Kier molecular flexibility index (Phi) is 4.51. The second-order valence-electron chi connectivity index (χ2n) is 6.15. The molecule has 1 saturated carbocycles. The lowest BCUT2D eigenvalue weighted by Gasteiger charge is -2.38. The predicted molar refractivity (Wildman–Crippen MR) is 85.1 cm³/mol. The van der Waals surface area contributed by atoms with E-state index in [1.165, 1.54) is 6.42 Å². The van der Waals surface area contributed by atoms with Gasteiger partial charge in [0.15, 0.2) is 0 Å². The summed E-state index contributed by atoms with van der Waals surface area (Å²) in [5.41, 5.74) is 1.14. The van der Waals surface area contributed by atoms with Gasteiger partial charge in [-0.15, -0.1) is 0 Å². The summed E-state index contributed by atoms with van der Waals surface area (Å²) in [6, 6.07) is 8.26. The molecule has 2 unspecified atom stereocenters. The number of nitrogens with zero attached hydrogens (tertiary/aromatic N) is 1. The summed E-state index contributed by atoms with van der Waals surface area (Å²) in [5.74, 6) is 0.285. The lowest BCUT2D eigenvalue weighted by atomic mass is 9.90. The number of benzene rings is 1. The van der Waals surface area contributed by atoms with Crippen molar-refractivity contribution in [3.63, 3.8) is 0 Å². The second kappa shape index (κ2) is 6.37. The van der Waals surface area contributed by atoms with E-state index in [0.29, 0.717) is 6.04 Å². The van der Waals surface area contributed by atoms with E-state index in [4.69, 9.17) is 11.6 Å². The van der Waals surface area contributed by atoms with Crippen LogP contribution in [0.5, 0.6) is 0 Å². The maximum atomic E-state index is 12.7. The molecule has 3 rings (SSSR count). The van der Waals surface area contributed by atoms with Gasteiger partial charge in [-0.1, -0.05) is 43.5 Å². The summed E-state index contributed by atoms with van der Waals surface area (Å²) >= 11 is 5.98. The van der Waals surface area contributed by atoms with Crippen LogP contribution < -0.4 is 5.32 Å². The first-order chi connectivity index (χ1) is 10.2. The van der Waals surface area contributed by atoms with E-state index in [-0.39, 0.29) is 18.1 Å². The number of rotatable bonds is 5. The van der Waals surface area contributed by atoms with Crippen molar-refractivity contribution in [2.75, 3.05) is 0 Å². The van der Waals surface area contributed by atoms with Gasteiger partial charge < -0.3 is 4.90 Å². The fraction of sp³-hybridized carbons (Fsp3) is 0.588. The Labute approximate surface area is 131 Å². The number of nitrogens with one attached hydrogen (secondary N) is 1. The van der Waals surface area contributed by atoms with Crippen LogP contribution in [0.4, 0.5) is 0 Å². The van der Waals surface area contributed by atoms with E-state index >= 15 is 0 Å². The zero-order valence-electron chi connectivity index (χ0n) is 12.5. The van der Waals surface area contributed by atoms with E-state index in [9.17, 15) is 4.79 Å². The van der Waals surface area contributed by atoms with Crippen LogP contribution in [0.25, 0.3) is 0 Å². The van der Waals surface area contributed by atoms with Gasteiger partial charge in [0, 0.05) is 11.1 Å². The van der Waals surface area contributed by atoms with Crippen molar-refractivity contribution < 1.29 is 4.79 Å². The molecule has 1 aliphatic carbocycles. The Balaban J connectivity index is 1.82. The van der Waals surface area contributed by atoms with Crippen molar-refractivity contribution in [2.24, 2.45) is 0 Å². The molecule has 0 radical (unpaired) electrons. The number of halogens is 1. The van der Waals surface area contributed by atoms with Crippen LogP contribution in [0.15, 0.2) is 24.3 Å². The summed E-state index contributed by atoms with van der Waals surface area (Å²) in [6.45, 7) is 2.17. The van der Waals surface area contributed by atoms with Gasteiger partial charge in [-0.05, 0) is 43.4 Å². The van der Waals surface area contributed by atoms with Crippen molar-refractivity contribution in [2.45, 2.75) is 63.7 Å². The molecular formula is C17H23ClN2O. The van der Waals surface area contributed by atoms with Gasteiger partial charge in [-0.3, -0.25) is 10.1 Å². The zero-order valence-corrected chi connectivity index (χ0v) is 13.3. The normalized spacial score (nSPS) is 26.2. The van der Waals surface area contributed by atoms with Gasteiger partial charge in [-0.25, -0.2) is 0 Å². The third-order valence-electron chi connectivity index (χ3n) is 4.69. The first kappa shape index (κ1) is 14.9. The average Bonchev–Trinajstić information content (AvgIpc) is 2.74. The van der Waals surface area contributed by atoms with E-state index in [1.807, 2.05) is 24.3 Å². The number of carbonyl (C=O) groups is 1. The number of hydrogen-bond acceptors (Lipinski definition) is 2. The highest BCUT2D eigenvalue weighted by Crippen LogP contribution is 2.36. The Morgan fingerprint density at radius 3 is 2.57 bits per heavy atom. The van der Waals surface area contributed by atoms with Crippen LogP contribution in [0, 0.1) is 0 Å². The van der Waals surface area contributed by atoms with Gasteiger partial charge in [0.1, 0.15) is 6.17 Å². The number of hydrogen-bond donors (Lipinski definition) is 1. The van der Waals surface area contributed by atoms with Crippen LogP contribution in [0.2, 0.25) is 5.02 Å². The zero-order chi connectivity index (χ0) is 14.8. The largest absolute Gasteiger partial charge is 0.319 e. The summed E-state index contributed by atoms with van der Waals surface area (Å²) < 4.78 is 0.